The molecule has 0 aromatic heterocycles. The SMILES string of the molecule is CC(Nc1cccc(OCCCC#N)c1)c1cccc(Cl)c1. The van der Waals surface area contributed by atoms with Crippen molar-refractivity contribution in [1.82, 2.24) is 0 Å². The Hall–Kier alpha value is -2.18. The Morgan fingerprint density at radius 1 is 1.23 bits per heavy atom. The number of nitriles is 1. The van der Waals surface area contributed by atoms with Crippen LogP contribution in [-0.2, 0) is 0 Å². The van der Waals surface area contributed by atoms with Gasteiger partial charge in [-0.25, -0.2) is 0 Å². The summed E-state index contributed by atoms with van der Waals surface area (Å²) in [5.41, 5.74) is 2.12. The molecule has 1 unspecified atom stereocenters. The molecule has 0 saturated heterocycles. The van der Waals surface area contributed by atoms with Crippen LogP contribution >= 0.6 is 11.6 Å². The summed E-state index contributed by atoms with van der Waals surface area (Å²) in [5, 5.41) is 12.7. The Morgan fingerprint density at radius 3 is 2.82 bits per heavy atom. The van der Waals surface area contributed by atoms with Crippen molar-refractivity contribution in [3.8, 4) is 11.8 Å². The van der Waals surface area contributed by atoms with Crippen molar-refractivity contribution in [2.24, 2.45) is 0 Å². The van der Waals surface area contributed by atoms with Crippen LogP contribution in [0.15, 0.2) is 48.5 Å². The van der Waals surface area contributed by atoms with E-state index in [0.29, 0.717) is 13.0 Å². The molecule has 0 aliphatic rings. The molecule has 2 aromatic carbocycles. The molecule has 0 aliphatic carbocycles. The molecule has 0 saturated carbocycles. The highest BCUT2D eigenvalue weighted by atomic mass is 35.5. The highest BCUT2D eigenvalue weighted by Gasteiger charge is 2.06. The van der Waals surface area contributed by atoms with Gasteiger partial charge in [-0.2, -0.15) is 5.26 Å². The Balaban J connectivity index is 1.96. The second-order valence-electron chi connectivity index (χ2n) is 5.06. The number of nitrogens with one attached hydrogen (secondary N) is 1. The molecule has 1 atom stereocenters. The Bertz CT molecular complexity index is 652. The molecule has 0 fully saturated rings. The van der Waals surface area contributed by atoms with E-state index in [1.807, 2.05) is 48.5 Å². The van der Waals surface area contributed by atoms with Crippen molar-refractivity contribution in [1.29, 1.82) is 5.26 Å². The monoisotopic (exact) mass is 314 g/mol. The van der Waals surface area contributed by atoms with Crippen LogP contribution < -0.4 is 10.1 Å². The quantitative estimate of drug-likeness (QED) is 0.715. The Morgan fingerprint density at radius 2 is 2.05 bits per heavy atom. The lowest BCUT2D eigenvalue weighted by molar-refractivity contribution is 0.313. The summed E-state index contributed by atoms with van der Waals surface area (Å²) in [5.74, 6) is 0.807. The lowest BCUT2D eigenvalue weighted by atomic mass is 10.1. The van der Waals surface area contributed by atoms with E-state index in [2.05, 4.69) is 18.3 Å². The second kappa shape index (κ2) is 8.31. The topological polar surface area (TPSA) is 45.0 Å². The fourth-order valence-corrected chi connectivity index (χ4v) is 2.32. The first-order valence-electron chi connectivity index (χ1n) is 7.31. The molecule has 0 amide bonds. The molecule has 0 aliphatic heterocycles. The highest BCUT2D eigenvalue weighted by molar-refractivity contribution is 6.30. The largest absolute Gasteiger partial charge is 0.493 e. The molecule has 1 N–H and O–H groups in total. The van der Waals surface area contributed by atoms with Gasteiger partial charge in [0.25, 0.3) is 0 Å². The molecule has 4 heteroatoms. The van der Waals surface area contributed by atoms with E-state index in [4.69, 9.17) is 21.6 Å². The lowest BCUT2D eigenvalue weighted by Gasteiger charge is -2.17. The number of benzene rings is 2. The number of ether oxygens (including phenoxy) is 1. The van der Waals surface area contributed by atoms with E-state index in [-0.39, 0.29) is 6.04 Å². The van der Waals surface area contributed by atoms with Crippen LogP contribution in [-0.4, -0.2) is 6.61 Å². The molecule has 0 radical (unpaired) electrons. The van der Waals surface area contributed by atoms with Crippen molar-refractivity contribution in [2.45, 2.75) is 25.8 Å². The zero-order valence-corrected chi connectivity index (χ0v) is 13.3. The molecule has 2 aromatic rings. The van der Waals surface area contributed by atoms with Gasteiger partial charge in [-0.1, -0.05) is 29.8 Å². The Labute approximate surface area is 136 Å². The Kier molecular flexibility index (Phi) is 6.12. The average molecular weight is 315 g/mol. The fourth-order valence-electron chi connectivity index (χ4n) is 2.13. The molecule has 22 heavy (non-hydrogen) atoms. The van der Waals surface area contributed by atoms with Gasteiger partial charge < -0.3 is 10.1 Å². The van der Waals surface area contributed by atoms with Crippen LogP contribution in [0.2, 0.25) is 5.02 Å². The van der Waals surface area contributed by atoms with Crippen LogP contribution in [0, 0.1) is 11.3 Å². The maximum absolute atomic E-state index is 8.51. The zero-order valence-electron chi connectivity index (χ0n) is 12.6. The van der Waals surface area contributed by atoms with E-state index in [0.717, 1.165) is 28.4 Å². The predicted octanol–water partition coefficient (Wildman–Crippen LogP) is 5.20. The van der Waals surface area contributed by atoms with Gasteiger partial charge in [0.2, 0.25) is 0 Å². The smallest absolute Gasteiger partial charge is 0.121 e. The van der Waals surface area contributed by atoms with E-state index in [1.54, 1.807) is 0 Å². The molecule has 0 bridgehead atoms. The van der Waals surface area contributed by atoms with Gasteiger partial charge in [0, 0.05) is 29.2 Å². The summed E-state index contributed by atoms with van der Waals surface area (Å²) in [7, 11) is 0. The number of nitrogens with zero attached hydrogens (tertiary/aromatic N) is 1. The van der Waals surface area contributed by atoms with Crippen molar-refractivity contribution < 1.29 is 4.74 Å². The van der Waals surface area contributed by atoms with Gasteiger partial charge in [-0.15, -0.1) is 0 Å². The molecular formula is C18H19ClN2O. The van der Waals surface area contributed by atoms with E-state index in [1.165, 1.54) is 0 Å². The molecular weight excluding hydrogens is 296 g/mol. The minimum absolute atomic E-state index is 0.146. The summed E-state index contributed by atoms with van der Waals surface area (Å²) in [6.07, 6.45) is 1.26. The van der Waals surface area contributed by atoms with Gasteiger partial charge in [0.05, 0.1) is 12.7 Å². The maximum atomic E-state index is 8.51. The molecule has 114 valence electrons. The van der Waals surface area contributed by atoms with Crippen LogP contribution in [0.5, 0.6) is 5.75 Å². The third-order valence-electron chi connectivity index (χ3n) is 3.27. The minimum atomic E-state index is 0.146. The van der Waals surface area contributed by atoms with Gasteiger partial charge in [-0.05, 0) is 43.2 Å². The van der Waals surface area contributed by atoms with Crippen LogP contribution in [0.1, 0.15) is 31.4 Å². The summed E-state index contributed by atoms with van der Waals surface area (Å²) in [6.45, 7) is 2.65. The first kappa shape index (κ1) is 16.2. The van der Waals surface area contributed by atoms with Crippen molar-refractivity contribution in [3.63, 3.8) is 0 Å². The number of halogens is 1. The van der Waals surface area contributed by atoms with Gasteiger partial charge in [0.1, 0.15) is 5.75 Å². The van der Waals surface area contributed by atoms with Crippen molar-refractivity contribution in [3.05, 3.63) is 59.1 Å². The number of rotatable bonds is 7. The third-order valence-corrected chi connectivity index (χ3v) is 3.50. The van der Waals surface area contributed by atoms with Crippen LogP contribution in [0.3, 0.4) is 0 Å². The number of unbranched alkanes of at least 4 members (excludes halogenated alkanes) is 1. The molecule has 0 spiro atoms. The van der Waals surface area contributed by atoms with Gasteiger partial charge in [0.15, 0.2) is 0 Å². The fraction of sp³-hybridized carbons (Fsp3) is 0.278. The maximum Gasteiger partial charge on any atom is 0.121 e. The number of anilines is 1. The standard InChI is InChI=1S/C18H19ClN2O/c1-14(15-6-4-7-16(19)12-15)21-17-8-5-9-18(13-17)22-11-3-2-10-20/h4-9,12-14,21H,2-3,11H2,1H3. The van der Waals surface area contributed by atoms with Gasteiger partial charge in [-0.3, -0.25) is 0 Å². The normalized spacial score (nSPS) is 11.5. The van der Waals surface area contributed by atoms with Crippen molar-refractivity contribution in [2.75, 3.05) is 11.9 Å². The summed E-state index contributed by atoms with van der Waals surface area (Å²) in [6, 6.07) is 17.9. The lowest BCUT2D eigenvalue weighted by Crippen LogP contribution is -2.06. The third kappa shape index (κ3) is 4.98. The van der Waals surface area contributed by atoms with E-state index in [9.17, 15) is 0 Å². The van der Waals surface area contributed by atoms with Crippen LogP contribution in [0.25, 0.3) is 0 Å². The summed E-state index contributed by atoms with van der Waals surface area (Å²) >= 11 is 6.03. The molecule has 2 rings (SSSR count). The first-order chi connectivity index (χ1) is 10.7. The number of hydrogen-bond acceptors (Lipinski definition) is 3. The summed E-state index contributed by atoms with van der Waals surface area (Å²) < 4.78 is 5.64. The first-order valence-corrected chi connectivity index (χ1v) is 7.68. The van der Waals surface area contributed by atoms with Gasteiger partial charge >= 0.3 is 0 Å². The average Bonchev–Trinajstić information content (AvgIpc) is 2.52. The van der Waals surface area contributed by atoms with E-state index >= 15 is 0 Å². The predicted molar refractivity (Wildman–Crippen MR) is 90.3 cm³/mol. The van der Waals surface area contributed by atoms with E-state index < -0.39 is 0 Å². The summed E-state index contributed by atoms with van der Waals surface area (Å²) in [4.78, 5) is 0. The zero-order chi connectivity index (χ0) is 15.8. The van der Waals surface area contributed by atoms with Crippen molar-refractivity contribution >= 4 is 17.3 Å². The van der Waals surface area contributed by atoms with Crippen LogP contribution in [0.4, 0.5) is 5.69 Å². The molecule has 3 nitrogen and oxygen atoms in total. The number of hydrogen-bond donors (Lipinski definition) is 1. The molecule has 0 heterocycles. The second-order valence-corrected chi connectivity index (χ2v) is 5.50. The minimum Gasteiger partial charge on any atom is -0.493 e. The highest BCUT2D eigenvalue weighted by Crippen LogP contribution is 2.24.